The summed E-state index contributed by atoms with van der Waals surface area (Å²) in [5.74, 6) is 0.388. The Hall–Kier alpha value is -0.970. The van der Waals surface area contributed by atoms with Crippen LogP contribution in [0.25, 0.3) is 0 Å². The smallest absolute Gasteiger partial charge is 0.427 e. The Morgan fingerprint density at radius 2 is 2.21 bits per heavy atom. The number of rotatable bonds is 1. The molecule has 0 bridgehead atoms. The molecular formula is C9H12BrNO3. The van der Waals surface area contributed by atoms with Gasteiger partial charge in [0.2, 0.25) is 5.88 Å². The second-order valence-electron chi connectivity index (χ2n) is 3.71. The maximum Gasteiger partial charge on any atom is 0.427 e. The molecule has 1 rings (SSSR count). The summed E-state index contributed by atoms with van der Waals surface area (Å²) in [6.07, 6.45) is 0.973. The van der Waals surface area contributed by atoms with Gasteiger partial charge in [-0.3, -0.25) is 0 Å². The van der Waals surface area contributed by atoms with E-state index in [9.17, 15) is 4.79 Å². The Morgan fingerprint density at radius 3 is 2.64 bits per heavy atom. The highest BCUT2D eigenvalue weighted by atomic mass is 79.9. The van der Waals surface area contributed by atoms with Gasteiger partial charge < -0.3 is 9.15 Å². The lowest BCUT2D eigenvalue weighted by Gasteiger charge is -2.21. The molecule has 1 aromatic rings. The van der Waals surface area contributed by atoms with Gasteiger partial charge in [-0.05, 0) is 26.8 Å². The van der Waals surface area contributed by atoms with Gasteiger partial charge in [-0.2, -0.15) is 3.93 Å². The maximum atomic E-state index is 11.5. The summed E-state index contributed by atoms with van der Waals surface area (Å²) in [6, 6.07) is 3.34. The highest BCUT2D eigenvalue weighted by molar-refractivity contribution is 9.10. The average Bonchev–Trinajstić information content (AvgIpc) is 2.51. The molecule has 0 spiro atoms. The zero-order chi connectivity index (χ0) is 10.8. The van der Waals surface area contributed by atoms with Crippen molar-refractivity contribution in [1.29, 1.82) is 0 Å². The minimum Gasteiger partial charge on any atom is -0.447 e. The van der Waals surface area contributed by atoms with E-state index in [4.69, 9.17) is 9.15 Å². The van der Waals surface area contributed by atoms with Crippen LogP contribution in [0.2, 0.25) is 0 Å². The van der Waals surface area contributed by atoms with Crippen molar-refractivity contribution in [1.82, 2.24) is 0 Å². The molecule has 0 saturated heterocycles. The number of anilines is 1. The molecule has 0 N–H and O–H groups in total. The van der Waals surface area contributed by atoms with Crippen LogP contribution in [-0.4, -0.2) is 11.7 Å². The van der Waals surface area contributed by atoms with Gasteiger partial charge in [0, 0.05) is 6.07 Å². The molecule has 1 amide bonds. The number of furan rings is 1. The van der Waals surface area contributed by atoms with Crippen molar-refractivity contribution in [2.24, 2.45) is 0 Å². The summed E-state index contributed by atoms with van der Waals surface area (Å²) in [6.45, 7) is 5.40. The number of ether oxygens (including phenoxy) is 1. The molecular weight excluding hydrogens is 250 g/mol. The molecule has 0 aromatic carbocycles. The number of hydrogen-bond donors (Lipinski definition) is 0. The van der Waals surface area contributed by atoms with E-state index in [1.165, 1.54) is 6.26 Å². The van der Waals surface area contributed by atoms with Gasteiger partial charge in [-0.15, -0.1) is 0 Å². The predicted octanol–water partition coefficient (Wildman–Crippen LogP) is 3.33. The molecule has 0 aliphatic rings. The number of carbonyl (C=O) groups is 1. The van der Waals surface area contributed by atoms with Crippen molar-refractivity contribution in [3.8, 4) is 0 Å². The third-order valence-corrected chi connectivity index (χ3v) is 1.89. The van der Waals surface area contributed by atoms with Crippen LogP contribution in [-0.2, 0) is 4.74 Å². The third-order valence-electron chi connectivity index (χ3n) is 1.25. The van der Waals surface area contributed by atoms with Gasteiger partial charge in [0.05, 0.1) is 22.4 Å². The molecule has 78 valence electrons. The van der Waals surface area contributed by atoms with E-state index in [0.29, 0.717) is 5.88 Å². The summed E-state index contributed by atoms with van der Waals surface area (Å²) in [5.41, 5.74) is -0.518. The Labute approximate surface area is 91.2 Å². The van der Waals surface area contributed by atoms with Crippen molar-refractivity contribution in [2.75, 3.05) is 3.93 Å². The van der Waals surface area contributed by atoms with Gasteiger partial charge >= 0.3 is 6.09 Å². The van der Waals surface area contributed by atoms with Crippen LogP contribution < -0.4 is 3.93 Å². The first-order valence-corrected chi connectivity index (χ1v) is 4.83. The molecule has 0 aliphatic heterocycles. The molecule has 0 unspecified atom stereocenters. The van der Waals surface area contributed by atoms with Crippen LogP contribution in [0.5, 0.6) is 0 Å². The topological polar surface area (TPSA) is 42.7 Å². The molecule has 0 atom stereocenters. The zero-order valence-corrected chi connectivity index (χ0v) is 9.87. The predicted molar refractivity (Wildman–Crippen MR) is 56.3 cm³/mol. The van der Waals surface area contributed by atoms with Crippen molar-refractivity contribution in [3.05, 3.63) is 18.4 Å². The fraction of sp³-hybridized carbons (Fsp3) is 0.444. The van der Waals surface area contributed by atoms with Gasteiger partial charge in [-0.1, -0.05) is 0 Å². The fourth-order valence-electron chi connectivity index (χ4n) is 0.774. The molecule has 4 nitrogen and oxygen atoms in total. The number of carbonyl (C=O) groups excluding carboxylic acids is 1. The van der Waals surface area contributed by atoms with E-state index in [0.717, 1.165) is 3.93 Å². The summed E-state index contributed by atoms with van der Waals surface area (Å²) >= 11 is 3.05. The van der Waals surface area contributed by atoms with Crippen LogP contribution in [0.15, 0.2) is 22.8 Å². The summed E-state index contributed by atoms with van der Waals surface area (Å²) in [5, 5.41) is 0. The van der Waals surface area contributed by atoms with Crippen molar-refractivity contribution in [3.63, 3.8) is 0 Å². The van der Waals surface area contributed by atoms with E-state index in [2.05, 4.69) is 16.1 Å². The number of hydrogen-bond acceptors (Lipinski definition) is 3. The second kappa shape index (κ2) is 4.04. The highest BCUT2D eigenvalue weighted by Gasteiger charge is 2.23. The van der Waals surface area contributed by atoms with Crippen molar-refractivity contribution < 1.29 is 13.9 Å². The SMILES string of the molecule is CC(C)(C)OC(=O)N(Br)c1ccco1. The van der Waals surface area contributed by atoms with Crippen LogP contribution >= 0.6 is 16.1 Å². The van der Waals surface area contributed by atoms with Crippen LogP contribution in [0.4, 0.5) is 10.7 Å². The lowest BCUT2D eigenvalue weighted by Crippen LogP contribution is -2.30. The van der Waals surface area contributed by atoms with Gasteiger partial charge in [0.1, 0.15) is 5.60 Å². The van der Waals surface area contributed by atoms with Crippen LogP contribution in [0.3, 0.4) is 0 Å². The highest BCUT2D eigenvalue weighted by Crippen LogP contribution is 2.21. The third kappa shape index (κ3) is 3.06. The Balaban J connectivity index is 2.63. The fourth-order valence-corrected chi connectivity index (χ4v) is 1.05. The minimum atomic E-state index is -0.518. The van der Waals surface area contributed by atoms with E-state index < -0.39 is 11.7 Å². The first kappa shape index (κ1) is 11.1. The monoisotopic (exact) mass is 261 g/mol. The lowest BCUT2D eigenvalue weighted by molar-refractivity contribution is 0.0610. The quantitative estimate of drug-likeness (QED) is 0.729. The second-order valence-corrected chi connectivity index (χ2v) is 4.42. The molecule has 14 heavy (non-hydrogen) atoms. The number of nitrogens with zero attached hydrogens (tertiary/aromatic N) is 1. The first-order valence-electron chi connectivity index (χ1n) is 4.12. The summed E-state index contributed by atoms with van der Waals surface area (Å²) < 4.78 is 11.2. The average molecular weight is 262 g/mol. The van der Waals surface area contributed by atoms with Crippen LogP contribution in [0, 0.1) is 0 Å². The van der Waals surface area contributed by atoms with E-state index in [-0.39, 0.29) is 0 Å². The van der Waals surface area contributed by atoms with Crippen LogP contribution in [0.1, 0.15) is 20.8 Å². The molecule has 1 heterocycles. The Kier molecular flexibility index (Phi) is 3.21. The number of amides is 1. The molecule has 0 saturated carbocycles. The molecule has 0 radical (unpaired) electrons. The molecule has 0 aliphatic carbocycles. The Bertz CT molecular complexity index is 302. The normalized spacial score (nSPS) is 11.1. The molecule has 1 aromatic heterocycles. The zero-order valence-electron chi connectivity index (χ0n) is 8.28. The van der Waals surface area contributed by atoms with Crippen molar-refractivity contribution in [2.45, 2.75) is 26.4 Å². The largest absolute Gasteiger partial charge is 0.447 e. The van der Waals surface area contributed by atoms with E-state index in [1.807, 2.05) is 0 Å². The summed E-state index contributed by atoms with van der Waals surface area (Å²) in [7, 11) is 0. The van der Waals surface area contributed by atoms with Gasteiger partial charge in [0.15, 0.2) is 0 Å². The van der Waals surface area contributed by atoms with Gasteiger partial charge in [-0.25, -0.2) is 4.79 Å². The van der Waals surface area contributed by atoms with E-state index >= 15 is 0 Å². The molecule has 0 fully saturated rings. The first-order chi connectivity index (χ1) is 6.40. The lowest BCUT2D eigenvalue weighted by atomic mass is 10.2. The van der Waals surface area contributed by atoms with E-state index in [1.54, 1.807) is 32.9 Å². The molecule has 5 heteroatoms. The number of halogens is 1. The summed E-state index contributed by atoms with van der Waals surface area (Å²) in [4.78, 5) is 11.5. The standard InChI is InChI=1S/C9H12BrNO3/c1-9(2,3)14-8(12)11(10)7-5-4-6-13-7/h4-6H,1-3H3. The van der Waals surface area contributed by atoms with Gasteiger partial charge in [0.25, 0.3) is 0 Å². The minimum absolute atomic E-state index is 0.388. The van der Waals surface area contributed by atoms with Crippen molar-refractivity contribution >= 4 is 28.1 Å². The maximum absolute atomic E-state index is 11.5. The Morgan fingerprint density at radius 1 is 1.57 bits per heavy atom.